The Morgan fingerprint density at radius 3 is 1.94 bits per heavy atom. The summed E-state index contributed by atoms with van der Waals surface area (Å²) in [7, 11) is 0. The van der Waals surface area contributed by atoms with Crippen LogP contribution in [0.5, 0.6) is 0 Å². The van der Waals surface area contributed by atoms with Gasteiger partial charge in [0.25, 0.3) is 0 Å². The molecule has 0 radical (unpaired) electrons. The van der Waals surface area contributed by atoms with Gasteiger partial charge in [0.1, 0.15) is 11.2 Å². The van der Waals surface area contributed by atoms with Gasteiger partial charge in [-0.25, -0.2) is 9.97 Å². The average molecular weight is 624 g/mol. The second kappa shape index (κ2) is 9.93. The molecule has 49 heavy (non-hydrogen) atoms. The molecule has 0 amide bonds. The van der Waals surface area contributed by atoms with Gasteiger partial charge in [0.05, 0.1) is 27.9 Å². The third kappa shape index (κ3) is 3.83. The van der Waals surface area contributed by atoms with Crippen molar-refractivity contribution in [2.45, 2.75) is 0 Å². The van der Waals surface area contributed by atoms with E-state index >= 15 is 0 Å². The highest BCUT2D eigenvalue weighted by Gasteiger charge is 2.19. The van der Waals surface area contributed by atoms with E-state index in [1.54, 1.807) is 0 Å². The largest absolute Gasteiger partial charge is 0.456 e. The lowest BCUT2D eigenvalue weighted by Crippen LogP contribution is -1.94. The molecule has 11 rings (SSSR count). The Kier molecular flexibility index (Phi) is 5.35. The van der Waals surface area contributed by atoms with Gasteiger partial charge in [0.2, 0.25) is 0 Å². The second-order valence-corrected chi connectivity index (χ2v) is 12.8. The molecule has 0 fully saturated rings. The van der Waals surface area contributed by atoms with Crippen LogP contribution in [0.1, 0.15) is 0 Å². The van der Waals surface area contributed by atoms with Crippen LogP contribution in [0.3, 0.4) is 0 Å². The van der Waals surface area contributed by atoms with E-state index in [1.807, 2.05) is 24.4 Å². The molecular weight excluding hydrogens is 599 g/mol. The summed E-state index contributed by atoms with van der Waals surface area (Å²) in [6.07, 6.45) is 1.84. The number of furan rings is 1. The molecule has 0 N–H and O–H groups in total. The summed E-state index contributed by atoms with van der Waals surface area (Å²) >= 11 is 0. The maximum atomic E-state index is 6.29. The van der Waals surface area contributed by atoms with Crippen LogP contribution in [0.4, 0.5) is 0 Å². The van der Waals surface area contributed by atoms with Gasteiger partial charge in [-0.2, -0.15) is 0 Å². The van der Waals surface area contributed by atoms with Crippen LogP contribution in [0.15, 0.2) is 156 Å². The van der Waals surface area contributed by atoms with Crippen LogP contribution in [0.2, 0.25) is 0 Å². The van der Waals surface area contributed by atoms with Crippen molar-refractivity contribution >= 4 is 87.0 Å². The van der Waals surface area contributed by atoms with Gasteiger partial charge in [-0.05, 0) is 69.4 Å². The van der Waals surface area contributed by atoms with Gasteiger partial charge in [0, 0.05) is 49.6 Å². The first-order valence-electron chi connectivity index (χ1n) is 16.5. The molecule has 4 heteroatoms. The van der Waals surface area contributed by atoms with E-state index in [1.165, 1.54) is 10.8 Å². The van der Waals surface area contributed by atoms with E-state index in [2.05, 4.69) is 127 Å². The minimum atomic E-state index is 0.875. The highest BCUT2D eigenvalue weighted by atomic mass is 16.3. The summed E-state index contributed by atoms with van der Waals surface area (Å²) in [4.78, 5) is 15.4. The molecule has 7 aromatic carbocycles. The number of fused-ring (bicyclic) bond motifs is 12. The number of benzene rings is 7. The lowest BCUT2D eigenvalue weighted by molar-refractivity contribution is 0.669. The molecule has 0 saturated heterocycles. The Morgan fingerprint density at radius 1 is 0.408 bits per heavy atom. The fraction of sp³-hybridized carbons (Fsp3) is 0. The SMILES string of the molecule is c1ccc2cc3c(-c4nc5ccc6oc7ccccc7c6c5c5ccccc45)ccc(-c4ccc5ccc6cccnc6c5n4)c3cc2c1. The number of rotatable bonds is 2. The lowest BCUT2D eigenvalue weighted by Gasteiger charge is -2.16. The molecule has 4 heterocycles. The van der Waals surface area contributed by atoms with Crippen LogP contribution in [-0.4, -0.2) is 15.0 Å². The quantitative estimate of drug-likeness (QED) is 0.142. The number of para-hydroxylation sites is 1. The van der Waals surface area contributed by atoms with Crippen molar-refractivity contribution in [3.63, 3.8) is 0 Å². The molecule has 0 atom stereocenters. The van der Waals surface area contributed by atoms with Gasteiger partial charge < -0.3 is 4.42 Å². The van der Waals surface area contributed by atoms with E-state index in [-0.39, 0.29) is 0 Å². The van der Waals surface area contributed by atoms with Crippen LogP contribution < -0.4 is 0 Å². The van der Waals surface area contributed by atoms with Crippen LogP contribution in [0.25, 0.3) is 109 Å². The number of pyridine rings is 3. The summed E-state index contributed by atoms with van der Waals surface area (Å²) < 4.78 is 6.29. The van der Waals surface area contributed by atoms with Gasteiger partial charge in [-0.15, -0.1) is 0 Å². The molecule has 0 aliphatic heterocycles. The van der Waals surface area contributed by atoms with Crippen molar-refractivity contribution in [2.75, 3.05) is 0 Å². The predicted molar refractivity (Wildman–Crippen MR) is 203 cm³/mol. The standard InChI is InChI=1S/C45H25N3O/c1-2-9-29-25-36-33(45-32-12-4-3-11-31(32)41-38(48-45)21-22-40-42(41)34-13-5-6-14-39(34)49-40)19-18-30(35(36)24-28(29)8-1)37-20-17-27-16-15-26-10-7-23-46-43(26)44(27)47-37/h1-25H. The molecule has 0 spiro atoms. The summed E-state index contributed by atoms with van der Waals surface area (Å²) in [6, 6.07) is 51.3. The average Bonchev–Trinajstić information content (AvgIpc) is 3.55. The maximum absolute atomic E-state index is 6.29. The van der Waals surface area contributed by atoms with Crippen LogP contribution in [-0.2, 0) is 0 Å². The first kappa shape index (κ1) is 26.4. The molecule has 4 aromatic heterocycles. The maximum Gasteiger partial charge on any atom is 0.136 e. The normalized spacial score (nSPS) is 12.1. The molecule has 4 nitrogen and oxygen atoms in total. The van der Waals surface area contributed by atoms with Crippen molar-refractivity contribution in [1.82, 2.24) is 15.0 Å². The predicted octanol–water partition coefficient (Wildman–Crippen LogP) is 12.0. The minimum Gasteiger partial charge on any atom is -0.456 e. The first-order chi connectivity index (χ1) is 24.3. The summed E-state index contributed by atoms with van der Waals surface area (Å²) in [5.41, 5.74) is 8.59. The number of aromatic nitrogens is 3. The Morgan fingerprint density at radius 2 is 1.08 bits per heavy atom. The van der Waals surface area contributed by atoms with Gasteiger partial charge >= 0.3 is 0 Å². The number of hydrogen-bond donors (Lipinski definition) is 0. The van der Waals surface area contributed by atoms with Crippen molar-refractivity contribution in [2.24, 2.45) is 0 Å². The Hall–Kier alpha value is -6.65. The first-order valence-corrected chi connectivity index (χ1v) is 16.5. The van der Waals surface area contributed by atoms with Gasteiger partial charge in [0.15, 0.2) is 0 Å². The van der Waals surface area contributed by atoms with Gasteiger partial charge in [-0.1, -0.05) is 103 Å². The molecule has 0 aliphatic rings. The molecule has 0 aliphatic carbocycles. The van der Waals surface area contributed by atoms with Crippen LogP contribution in [0, 0.1) is 0 Å². The number of hydrogen-bond acceptors (Lipinski definition) is 4. The zero-order valence-electron chi connectivity index (χ0n) is 26.2. The molecule has 0 bridgehead atoms. The summed E-state index contributed by atoms with van der Waals surface area (Å²) in [5.74, 6) is 0. The van der Waals surface area contributed by atoms with Crippen molar-refractivity contribution in [3.8, 4) is 22.5 Å². The topological polar surface area (TPSA) is 51.8 Å². The zero-order chi connectivity index (χ0) is 32.1. The van der Waals surface area contributed by atoms with Crippen molar-refractivity contribution in [1.29, 1.82) is 0 Å². The third-order valence-corrected chi connectivity index (χ3v) is 10.1. The third-order valence-electron chi connectivity index (χ3n) is 10.1. The minimum absolute atomic E-state index is 0.875. The molecular formula is C45H25N3O. The molecule has 0 unspecified atom stereocenters. The zero-order valence-corrected chi connectivity index (χ0v) is 26.2. The van der Waals surface area contributed by atoms with E-state index in [0.29, 0.717) is 0 Å². The Labute approximate surface area is 279 Å². The van der Waals surface area contributed by atoms with E-state index in [0.717, 1.165) is 98.7 Å². The lowest BCUT2D eigenvalue weighted by atomic mass is 9.90. The molecule has 0 saturated carbocycles. The van der Waals surface area contributed by atoms with Crippen molar-refractivity contribution < 1.29 is 4.42 Å². The van der Waals surface area contributed by atoms with Gasteiger partial charge in [-0.3, -0.25) is 4.98 Å². The fourth-order valence-corrected chi connectivity index (χ4v) is 7.80. The fourth-order valence-electron chi connectivity index (χ4n) is 7.80. The molecule has 226 valence electrons. The second-order valence-electron chi connectivity index (χ2n) is 12.8. The monoisotopic (exact) mass is 623 g/mol. The Bertz CT molecular complexity index is 3180. The highest BCUT2D eigenvalue weighted by molar-refractivity contribution is 6.28. The smallest absolute Gasteiger partial charge is 0.136 e. The number of nitrogens with zero attached hydrogens (tertiary/aromatic N) is 3. The van der Waals surface area contributed by atoms with Crippen molar-refractivity contribution in [3.05, 3.63) is 152 Å². The van der Waals surface area contributed by atoms with Crippen LogP contribution >= 0.6 is 0 Å². The summed E-state index contributed by atoms with van der Waals surface area (Å²) in [6.45, 7) is 0. The highest BCUT2D eigenvalue weighted by Crippen LogP contribution is 2.43. The molecule has 11 aromatic rings. The van der Waals surface area contributed by atoms with E-state index in [4.69, 9.17) is 19.4 Å². The van der Waals surface area contributed by atoms with E-state index < -0.39 is 0 Å². The summed E-state index contributed by atoms with van der Waals surface area (Å²) in [5, 5.41) is 12.4. The Balaban J connectivity index is 1.23. The van der Waals surface area contributed by atoms with E-state index in [9.17, 15) is 0 Å².